The molecule has 1 aliphatic heterocycles. The van der Waals surface area contributed by atoms with Gasteiger partial charge in [-0.25, -0.2) is 9.97 Å². The van der Waals surface area contributed by atoms with Crippen molar-refractivity contribution in [2.75, 3.05) is 13.1 Å². The largest absolute Gasteiger partial charge is 0.481 e. The van der Waals surface area contributed by atoms with E-state index in [-0.39, 0.29) is 18.2 Å². The molecule has 114 valence electrons. The summed E-state index contributed by atoms with van der Waals surface area (Å²) in [6.45, 7) is 4.95. The molecule has 1 fully saturated rings. The Morgan fingerprint density at radius 2 is 2.19 bits per heavy atom. The molecule has 1 aromatic heterocycles. The van der Waals surface area contributed by atoms with Gasteiger partial charge in [0.25, 0.3) is 5.91 Å². The molecule has 2 rings (SSSR count). The number of hydrogen-bond acceptors (Lipinski definition) is 4. The molecule has 0 aliphatic carbocycles. The molecule has 0 spiro atoms. The lowest BCUT2D eigenvalue weighted by atomic mass is 9.93. The van der Waals surface area contributed by atoms with Crippen molar-refractivity contribution in [2.24, 2.45) is 5.92 Å². The first kappa shape index (κ1) is 15.4. The van der Waals surface area contributed by atoms with Gasteiger partial charge < -0.3 is 10.0 Å². The van der Waals surface area contributed by atoms with E-state index in [1.807, 2.05) is 6.92 Å². The number of rotatable bonds is 4. The average Bonchev–Trinajstić information content (AvgIpc) is 2.45. The summed E-state index contributed by atoms with van der Waals surface area (Å²) in [7, 11) is 0. The lowest BCUT2D eigenvalue weighted by Crippen LogP contribution is -2.40. The van der Waals surface area contributed by atoms with Gasteiger partial charge in [-0.05, 0) is 39.0 Å². The van der Waals surface area contributed by atoms with Gasteiger partial charge in [0, 0.05) is 25.7 Å². The summed E-state index contributed by atoms with van der Waals surface area (Å²) >= 11 is 0. The number of amides is 1. The topological polar surface area (TPSA) is 83.4 Å². The van der Waals surface area contributed by atoms with Gasteiger partial charge in [-0.2, -0.15) is 0 Å². The Balaban J connectivity index is 2.03. The summed E-state index contributed by atoms with van der Waals surface area (Å²) in [6, 6.07) is 0. The fourth-order valence-electron chi connectivity index (χ4n) is 2.78. The molecule has 1 amide bonds. The van der Waals surface area contributed by atoms with Gasteiger partial charge in [0.05, 0.1) is 11.3 Å². The van der Waals surface area contributed by atoms with Gasteiger partial charge in [0.15, 0.2) is 0 Å². The third-order valence-corrected chi connectivity index (χ3v) is 3.90. The first-order valence-electron chi connectivity index (χ1n) is 7.28. The molecular weight excluding hydrogens is 270 g/mol. The number of likely N-dealkylation sites (tertiary alicyclic amines) is 1. The van der Waals surface area contributed by atoms with Gasteiger partial charge in [-0.1, -0.05) is 0 Å². The van der Waals surface area contributed by atoms with E-state index in [9.17, 15) is 9.59 Å². The van der Waals surface area contributed by atoms with Crippen LogP contribution in [0.5, 0.6) is 0 Å². The molecule has 1 saturated heterocycles. The molecule has 0 aromatic carbocycles. The maximum Gasteiger partial charge on any atom is 0.303 e. The molecule has 0 radical (unpaired) electrons. The Morgan fingerprint density at radius 3 is 2.86 bits per heavy atom. The Morgan fingerprint density at radius 1 is 1.43 bits per heavy atom. The SMILES string of the molecule is Cc1ncc(C(=O)N2CCCC(CCC(=O)O)C2)c(C)n1. The Kier molecular flexibility index (Phi) is 4.88. The monoisotopic (exact) mass is 291 g/mol. The van der Waals surface area contributed by atoms with Crippen LogP contribution in [0.3, 0.4) is 0 Å². The zero-order valence-electron chi connectivity index (χ0n) is 12.5. The van der Waals surface area contributed by atoms with Crippen LogP contribution in [0, 0.1) is 19.8 Å². The van der Waals surface area contributed by atoms with Crippen LogP contribution in [0.15, 0.2) is 6.20 Å². The van der Waals surface area contributed by atoms with Crippen LogP contribution in [0.1, 0.15) is 47.6 Å². The highest BCUT2D eigenvalue weighted by Crippen LogP contribution is 2.22. The lowest BCUT2D eigenvalue weighted by Gasteiger charge is -2.32. The molecule has 1 unspecified atom stereocenters. The standard InChI is InChI=1S/C15H21N3O3/c1-10-13(8-16-11(2)17-10)15(21)18-7-3-4-12(9-18)5-6-14(19)20/h8,12H,3-7,9H2,1-2H3,(H,19,20). The number of nitrogens with zero attached hydrogens (tertiary/aromatic N) is 3. The zero-order chi connectivity index (χ0) is 15.4. The highest BCUT2D eigenvalue weighted by atomic mass is 16.4. The molecule has 1 atom stereocenters. The van der Waals surface area contributed by atoms with Crippen LogP contribution in [0.25, 0.3) is 0 Å². The van der Waals surface area contributed by atoms with Crippen LogP contribution in [-0.4, -0.2) is 44.9 Å². The zero-order valence-corrected chi connectivity index (χ0v) is 12.5. The smallest absolute Gasteiger partial charge is 0.303 e. The fraction of sp³-hybridized carbons (Fsp3) is 0.600. The van der Waals surface area contributed by atoms with E-state index >= 15 is 0 Å². The van der Waals surface area contributed by atoms with E-state index in [2.05, 4.69) is 9.97 Å². The van der Waals surface area contributed by atoms with E-state index in [1.165, 1.54) is 0 Å². The molecule has 6 heteroatoms. The van der Waals surface area contributed by atoms with Crippen LogP contribution in [0.4, 0.5) is 0 Å². The van der Waals surface area contributed by atoms with Crippen LogP contribution in [0.2, 0.25) is 0 Å². The van der Waals surface area contributed by atoms with Crippen LogP contribution >= 0.6 is 0 Å². The summed E-state index contributed by atoms with van der Waals surface area (Å²) in [4.78, 5) is 33.3. The van der Waals surface area contributed by atoms with Gasteiger partial charge in [-0.3, -0.25) is 9.59 Å². The van der Waals surface area contributed by atoms with Crippen molar-refractivity contribution in [3.05, 3.63) is 23.3 Å². The second-order valence-corrected chi connectivity index (χ2v) is 5.61. The third-order valence-electron chi connectivity index (χ3n) is 3.90. The number of aromatic nitrogens is 2. The van der Waals surface area contributed by atoms with Crippen molar-refractivity contribution in [1.29, 1.82) is 0 Å². The minimum absolute atomic E-state index is 0.0486. The van der Waals surface area contributed by atoms with E-state index in [0.717, 1.165) is 19.4 Å². The van der Waals surface area contributed by atoms with Crippen molar-refractivity contribution in [3.8, 4) is 0 Å². The number of piperidine rings is 1. The predicted octanol–water partition coefficient (Wildman–Crippen LogP) is 1.81. The first-order chi connectivity index (χ1) is 9.97. The summed E-state index contributed by atoms with van der Waals surface area (Å²) < 4.78 is 0. The number of carboxylic acid groups (broad SMARTS) is 1. The molecule has 6 nitrogen and oxygen atoms in total. The molecule has 1 N–H and O–H groups in total. The van der Waals surface area contributed by atoms with E-state index in [4.69, 9.17) is 5.11 Å². The molecule has 2 heterocycles. The predicted molar refractivity (Wildman–Crippen MR) is 77.0 cm³/mol. The molecule has 0 saturated carbocycles. The van der Waals surface area contributed by atoms with Crippen LogP contribution < -0.4 is 0 Å². The second kappa shape index (κ2) is 6.65. The minimum atomic E-state index is -0.777. The van der Waals surface area contributed by atoms with Gasteiger partial charge in [0.2, 0.25) is 0 Å². The maximum absolute atomic E-state index is 12.5. The number of carboxylic acids is 1. The lowest BCUT2D eigenvalue weighted by molar-refractivity contribution is -0.137. The van der Waals surface area contributed by atoms with Crippen LogP contribution in [-0.2, 0) is 4.79 Å². The van der Waals surface area contributed by atoms with Gasteiger partial charge in [0.1, 0.15) is 5.82 Å². The Bertz CT molecular complexity index is 545. The van der Waals surface area contributed by atoms with Gasteiger partial charge in [-0.15, -0.1) is 0 Å². The molecule has 1 aliphatic rings. The minimum Gasteiger partial charge on any atom is -0.481 e. The Labute approximate surface area is 124 Å². The average molecular weight is 291 g/mol. The number of aryl methyl sites for hydroxylation is 2. The molecule has 0 bridgehead atoms. The maximum atomic E-state index is 12.5. The molecular formula is C15H21N3O3. The van der Waals surface area contributed by atoms with Crippen molar-refractivity contribution in [3.63, 3.8) is 0 Å². The van der Waals surface area contributed by atoms with Crippen molar-refractivity contribution in [2.45, 2.75) is 39.5 Å². The number of carbonyl (C=O) groups excluding carboxylic acids is 1. The summed E-state index contributed by atoms with van der Waals surface area (Å²) in [5.41, 5.74) is 1.24. The molecule has 21 heavy (non-hydrogen) atoms. The van der Waals surface area contributed by atoms with Crippen molar-refractivity contribution < 1.29 is 14.7 Å². The fourth-order valence-corrected chi connectivity index (χ4v) is 2.78. The number of carbonyl (C=O) groups is 2. The summed E-state index contributed by atoms with van der Waals surface area (Å²) in [5.74, 6) is 0.0984. The first-order valence-corrected chi connectivity index (χ1v) is 7.28. The third kappa shape index (κ3) is 4.00. The number of hydrogen-bond donors (Lipinski definition) is 1. The quantitative estimate of drug-likeness (QED) is 0.914. The highest BCUT2D eigenvalue weighted by molar-refractivity contribution is 5.95. The van der Waals surface area contributed by atoms with Crippen molar-refractivity contribution in [1.82, 2.24) is 14.9 Å². The van der Waals surface area contributed by atoms with Crippen molar-refractivity contribution >= 4 is 11.9 Å². The number of aliphatic carboxylic acids is 1. The van der Waals surface area contributed by atoms with E-state index in [1.54, 1.807) is 18.0 Å². The summed E-state index contributed by atoms with van der Waals surface area (Å²) in [6.07, 6.45) is 4.28. The Hall–Kier alpha value is -1.98. The second-order valence-electron chi connectivity index (χ2n) is 5.61. The van der Waals surface area contributed by atoms with E-state index in [0.29, 0.717) is 30.0 Å². The van der Waals surface area contributed by atoms with Gasteiger partial charge >= 0.3 is 5.97 Å². The normalized spacial score (nSPS) is 18.6. The molecule has 1 aromatic rings. The van der Waals surface area contributed by atoms with E-state index < -0.39 is 5.97 Å². The summed E-state index contributed by atoms with van der Waals surface area (Å²) in [5, 5.41) is 8.76. The highest BCUT2D eigenvalue weighted by Gasteiger charge is 2.26.